The Kier molecular flexibility index (Phi) is 8.42. The van der Waals surface area contributed by atoms with Crippen molar-refractivity contribution >= 4 is 70.1 Å². The first kappa shape index (κ1) is 34.0. The van der Waals surface area contributed by atoms with Gasteiger partial charge in [-0.05, 0) is 109 Å². The van der Waals surface area contributed by atoms with Gasteiger partial charge in [0.25, 0.3) is 0 Å². The monoisotopic (exact) mass is 755 g/mol. The minimum absolute atomic E-state index is 1.10. The largest absolute Gasteiger partial charge is 0.310 e. The van der Waals surface area contributed by atoms with E-state index in [-0.39, 0.29) is 0 Å². The number of hydrogen-bond donors (Lipinski definition) is 0. The summed E-state index contributed by atoms with van der Waals surface area (Å²) >= 11 is 1.86. The van der Waals surface area contributed by atoms with Crippen molar-refractivity contribution in [1.29, 1.82) is 0 Å². The molecule has 2 heteroatoms. The molecular formula is C56H37NS. The van der Waals surface area contributed by atoms with E-state index in [4.69, 9.17) is 0 Å². The summed E-state index contributed by atoms with van der Waals surface area (Å²) in [6.45, 7) is 0. The average molecular weight is 756 g/mol. The maximum atomic E-state index is 2.45. The Labute approximate surface area is 342 Å². The molecule has 0 aliphatic rings. The lowest BCUT2D eigenvalue weighted by molar-refractivity contribution is 1.30. The van der Waals surface area contributed by atoms with E-state index in [1.807, 2.05) is 11.3 Å². The van der Waals surface area contributed by atoms with Gasteiger partial charge in [-0.25, -0.2) is 0 Å². The van der Waals surface area contributed by atoms with Gasteiger partial charge in [0, 0.05) is 37.2 Å². The van der Waals surface area contributed by atoms with Crippen LogP contribution >= 0.6 is 11.3 Å². The van der Waals surface area contributed by atoms with Gasteiger partial charge in [-0.3, -0.25) is 0 Å². The molecule has 58 heavy (non-hydrogen) atoms. The topological polar surface area (TPSA) is 3.24 Å². The second-order valence-electron chi connectivity index (χ2n) is 14.8. The number of hydrogen-bond acceptors (Lipinski definition) is 2. The molecule has 0 fully saturated rings. The summed E-state index contributed by atoms with van der Waals surface area (Å²) in [6, 6.07) is 82.0. The number of anilines is 3. The maximum Gasteiger partial charge on any atom is 0.0476 e. The normalized spacial score (nSPS) is 11.4. The van der Waals surface area contributed by atoms with Crippen LogP contribution in [0.5, 0.6) is 0 Å². The molecule has 0 aliphatic heterocycles. The van der Waals surface area contributed by atoms with Crippen LogP contribution in [0.3, 0.4) is 0 Å². The summed E-state index contributed by atoms with van der Waals surface area (Å²) in [4.78, 5) is 2.45. The molecule has 0 radical (unpaired) electrons. The van der Waals surface area contributed by atoms with Crippen LogP contribution in [0.25, 0.3) is 86.2 Å². The van der Waals surface area contributed by atoms with E-state index in [0.717, 1.165) is 17.1 Å². The smallest absolute Gasteiger partial charge is 0.0476 e. The zero-order valence-corrected chi connectivity index (χ0v) is 32.5. The summed E-state index contributed by atoms with van der Waals surface area (Å²) in [5, 5.41) is 7.55. The zero-order valence-electron chi connectivity index (χ0n) is 31.7. The van der Waals surface area contributed by atoms with Crippen LogP contribution in [0, 0.1) is 0 Å². The first-order chi connectivity index (χ1) is 28.8. The van der Waals surface area contributed by atoms with Crippen molar-refractivity contribution in [2.45, 2.75) is 0 Å². The fourth-order valence-electron chi connectivity index (χ4n) is 8.83. The molecule has 0 amide bonds. The van der Waals surface area contributed by atoms with Crippen LogP contribution in [0.1, 0.15) is 0 Å². The molecule has 0 unspecified atom stereocenters. The minimum Gasteiger partial charge on any atom is -0.310 e. The number of nitrogens with zero attached hydrogens (tertiary/aromatic N) is 1. The quantitative estimate of drug-likeness (QED) is 0.146. The molecule has 0 atom stereocenters. The number of fused-ring (bicyclic) bond motifs is 6. The zero-order chi connectivity index (χ0) is 38.4. The molecule has 0 saturated carbocycles. The summed E-state index contributed by atoms with van der Waals surface area (Å²) in [5.41, 5.74) is 13.0. The van der Waals surface area contributed by atoms with Gasteiger partial charge in [0.05, 0.1) is 0 Å². The van der Waals surface area contributed by atoms with Gasteiger partial charge in [-0.2, -0.15) is 0 Å². The highest BCUT2D eigenvalue weighted by Crippen LogP contribution is 2.48. The predicted octanol–water partition coefficient (Wildman–Crippen LogP) is 16.5. The first-order valence-electron chi connectivity index (χ1n) is 19.8. The van der Waals surface area contributed by atoms with Crippen molar-refractivity contribution in [2.75, 3.05) is 4.90 Å². The van der Waals surface area contributed by atoms with Crippen LogP contribution in [0.4, 0.5) is 17.1 Å². The van der Waals surface area contributed by atoms with Crippen molar-refractivity contribution < 1.29 is 0 Å². The van der Waals surface area contributed by atoms with Crippen LogP contribution in [-0.2, 0) is 0 Å². The molecule has 0 bridgehead atoms. The highest BCUT2D eigenvalue weighted by Gasteiger charge is 2.22. The van der Waals surface area contributed by atoms with Gasteiger partial charge in [-0.15, -0.1) is 11.3 Å². The van der Waals surface area contributed by atoms with Crippen molar-refractivity contribution in [3.8, 4) is 44.5 Å². The first-order valence-corrected chi connectivity index (χ1v) is 20.7. The summed E-state index contributed by atoms with van der Waals surface area (Å²) in [6.07, 6.45) is 0. The van der Waals surface area contributed by atoms with Crippen LogP contribution in [-0.4, -0.2) is 0 Å². The van der Waals surface area contributed by atoms with Crippen molar-refractivity contribution in [3.63, 3.8) is 0 Å². The SMILES string of the molecule is c1ccc(-c2ccc(N(c3ccc4c(c3)sc3ccccc34)c3ccc4c(c3)c(-c3ccccc3)c(-c3ccccc3)c3ccccc34)cc2-c2ccccc2)cc1. The Morgan fingerprint density at radius 2 is 0.690 bits per heavy atom. The molecule has 0 N–H and O–H groups in total. The van der Waals surface area contributed by atoms with Crippen LogP contribution in [0.2, 0.25) is 0 Å². The Hall–Kier alpha value is -7.26. The molecule has 0 aliphatic carbocycles. The maximum absolute atomic E-state index is 2.45. The number of thiophene rings is 1. The third-order valence-corrected chi connectivity index (χ3v) is 12.6. The molecule has 272 valence electrons. The van der Waals surface area contributed by atoms with E-state index in [9.17, 15) is 0 Å². The molecule has 11 aromatic rings. The Morgan fingerprint density at radius 1 is 0.259 bits per heavy atom. The van der Waals surface area contributed by atoms with Gasteiger partial charge in [0.2, 0.25) is 0 Å². The Balaban J connectivity index is 1.22. The van der Waals surface area contributed by atoms with E-state index in [0.29, 0.717) is 0 Å². The fourth-order valence-corrected chi connectivity index (χ4v) is 9.96. The van der Waals surface area contributed by atoms with Gasteiger partial charge in [0.1, 0.15) is 0 Å². The lowest BCUT2D eigenvalue weighted by Crippen LogP contribution is -2.10. The van der Waals surface area contributed by atoms with E-state index < -0.39 is 0 Å². The molecule has 0 spiro atoms. The number of rotatable bonds is 7. The van der Waals surface area contributed by atoms with E-state index in [1.54, 1.807) is 0 Å². The molecule has 10 aromatic carbocycles. The molecule has 0 saturated heterocycles. The Bertz CT molecular complexity index is 3260. The standard InChI is InChI=1S/C56H37NS/c1-5-17-38(18-6-1)45-32-29-42(35-51(45)39-19-7-2-8-20-39)57(44-31-34-49-48-26-15-16-28-53(48)58-54(49)37-44)43-30-33-47-46-25-13-14-27-50(46)55(40-21-9-3-10-22-40)56(52(47)36-43)41-23-11-4-12-24-41/h1-37H. The van der Waals surface area contributed by atoms with Gasteiger partial charge in [-0.1, -0.05) is 182 Å². The molecule has 1 nitrogen and oxygen atoms in total. The second kappa shape index (κ2) is 14.4. The molecule has 1 aromatic heterocycles. The Morgan fingerprint density at radius 3 is 1.34 bits per heavy atom. The third-order valence-electron chi connectivity index (χ3n) is 11.4. The van der Waals surface area contributed by atoms with Crippen molar-refractivity contribution in [3.05, 3.63) is 224 Å². The lowest BCUT2D eigenvalue weighted by atomic mass is 9.85. The van der Waals surface area contributed by atoms with Crippen molar-refractivity contribution in [2.24, 2.45) is 0 Å². The molecule has 1 heterocycles. The highest BCUT2D eigenvalue weighted by molar-refractivity contribution is 7.25. The second-order valence-corrected chi connectivity index (χ2v) is 15.9. The van der Waals surface area contributed by atoms with E-state index in [1.165, 1.54) is 86.2 Å². The number of benzene rings is 10. The van der Waals surface area contributed by atoms with Gasteiger partial charge < -0.3 is 4.90 Å². The van der Waals surface area contributed by atoms with Crippen LogP contribution in [0.15, 0.2) is 224 Å². The van der Waals surface area contributed by atoms with Crippen LogP contribution < -0.4 is 4.90 Å². The third kappa shape index (κ3) is 5.86. The predicted molar refractivity (Wildman–Crippen MR) is 251 cm³/mol. The van der Waals surface area contributed by atoms with Crippen molar-refractivity contribution in [1.82, 2.24) is 0 Å². The average Bonchev–Trinajstić information content (AvgIpc) is 3.68. The van der Waals surface area contributed by atoms with Gasteiger partial charge in [0.15, 0.2) is 0 Å². The van der Waals surface area contributed by atoms with E-state index in [2.05, 4.69) is 229 Å². The summed E-state index contributed by atoms with van der Waals surface area (Å²) in [7, 11) is 0. The fraction of sp³-hybridized carbons (Fsp3) is 0. The lowest BCUT2D eigenvalue weighted by Gasteiger charge is -2.28. The molecular weight excluding hydrogens is 719 g/mol. The summed E-state index contributed by atoms with van der Waals surface area (Å²) in [5.74, 6) is 0. The molecule has 11 rings (SSSR count). The van der Waals surface area contributed by atoms with Gasteiger partial charge >= 0.3 is 0 Å². The minimum atomic E-state index is 1.10. The summed E-state index contributed by atoms with van der Waals surface area (Å²) < 4.78 is 2.58. The van der Waals surface area contributed by atoms with E-state index >= 15 is 0 Å². The highest BCUT2D eigenvalue weighted by atomic mass is 32.1.